The number of aromatic amines is 1. The van der Waals surface area contributed by atoms with Gasteiger partial charge in [-0.1, -0.05) is 56.2 Å². The molecule has 0 unspecified atom stereocenters. The van der Waals surface area contributed by atoms with Gasteiger partial charge in [-0.3, -0.25) is 5.10 Å². The van der Waals surface area contributed by atoms with E-state index in [0.29, 0.717) is 22.9 Å². The van der Waals surface area contributed by atoms with Gasteiger partial charge in [-0.15, -0.1) is 10.2 Å². The summed E-state index contributed by atoms with van der Waals surface area (Å²) in [5, 5.41) is 33.2. The average Bonchev–Trinajstić information content (AvgIpc) is 3.26. The van der Waals surface area contributed by atoms with Gasteiger partial charge >= 0.3 is 0 Å². The normalized spacial score (nSPS) is 11.6. The highest BCUT2D eigenvalue weighted by molar-refractivity contribution is 5.77. The van der Waals surface area contributed by atoms with Gasteiger partial charge in [0.05, 0.1) is 5.69 Å². The lowest BCUT2D eigenvalue weighted by atomic mass is 9.90. The van der Waals surface area contributed by atoms with E-state index < -0.39 is 0 Å². The third kappa shape index (κ3) is 5.89. The van der Waals surface area contributed by atoms with Crippen molar-refractivity contribution in [3.05, 3.63) is 80.5 Å². The molecular formula is C32H38N8. The lowest BCUT2D eigenvalue weighted by molar-refractivity contribution is 0.565. The molecule has 0 radical (unpaired) electrons. The summed E-state index contributed by atoms with van der Waals surface area (Å²) in [6.45, 7) is 20.6. The van der Waals surface area contributed by atoms with Gasteiger partial charge in [0.2, 0.25) is 5.82 Å². The monoisotopic (exact) mass is 534 g/mol. The molecule has 8 heteroatoms. The summed E-state index contributed by atoms with van der Waals surface area (Å²) < 4.78 is 0. The van der Waals surface area contributed by atoms with Gasteiger partial charge in [-0.05, 0) is 82.3 Å². The largest absolute Gasteiger partial charge is 0.340 e. The standard InChI is InChI=1S/C32H38N8/c1-17-11-19(3)26(20(4)12-17)34-25-15-23(7)28(31(35-25)36-27-21(5)13-18(2)14-22(27)6)37-39-30-24(16-33)29(38-40-30)32(8,9)10/h11-15H,1-10H3,(H,38,40)(H2,34,35,36). The van der Waals surface area contributed by atoms with Crippen LogP contribution in [0.3, 0.4) is 0 Å². The molecule has 4 rings (SSSR count). The van der Waals surface area contributed by atoms with Crippen molar-refractivity contribution in [2.24, 2.45) is 10.2 Å². The fourth-order valence-corrected chi connectivity index (χ4v) is 5.09. The Morgan fingerprint density at radius 1 is 0.750 bits per heavy atom. The number of hydrogen-bond acceptors (Lipinski definition) is 7. The smallest absolute Gasteiger partial charge is 0.213 e. The minimum Gasteiger partial charge on any atom is -0.340 e. The summed E-state index contributed by atoms with van der Waals surface area (Å²) in [5.41, 5.74) is 11.2. The van der Waals surface area contributed by atoms with Crippen molar-refractivity contribution < 1.29 is 0 Å². The van der Waals surface area contributed by atoms with Crippen LogP contribution in [-0.4, -0.2) is 15.2 Å². The summed E-state index contributed by atoms with van der Waals surface area (Å²) >= 11 is 0. The van der Waals surface area contributed by atoms with E-state index in [-0.39, 0.29) is 11.2 Å². The van der Waals surface area contributed by atoms with Crippen LogP contribution in [0.2, 0.25) is 0 Å². The minimum absolute atomic E-state index is 0.258. The third-order valence-electron chi connectivity index (χ3n) is 6.89. The Kier molecular flexibility index (Phi) is 7.79. The summed E-state index contributed by atoms with van der Waals surface area (Å²) in [7, 11) is 0. The Bertz CT molecular complexity index is 1620. The molecule has 40 heavy (non-hydrogen) atoms. The highest BCUT2D eigenvalue weighted by Gasteiger charge is 2.24. The molecule has 0 saturated heterocycles. The number of H-pyrrole nitrogens is 1. The first-order valence-electron chi connectivity index (χ1n) is 13.4. The van der Waals surface area contributed by atoms with E-state index >= 15 is 0 Å². The number of aryl methyl sites for hydroxylation is 7. The van der Waals surface area contributed by atoms with E-state index in [1.165, 1.54) is 11.1 Å². The maximum atomic E-state index is 9.83. The molecule has 0 saturated carbocycles. The topological polar surface area (TPSA) is 114 Å². The molecule has 2 aromatic carbocycles. The Hall–Kier alpha value is -4.51. The first-order chi connectivity index (χ1) is 18.8. The van der Waals surface area contributed by atoms with Gasteiger partial charge < -0.3 is 10.6 Å². The van der Waals surface area contributed by atoms with Crippen molar-refractivity contribution in [3.63, 3.8) is 0 Å². The van der Waals surface area contributed by atoms with Crippen LogP contribution in [0.1, 0.15) is 71.0 Å². The molecule has 0 aliphatic rings. The number of nitrogens with one attached hydrogen (secondary N) is 3. The van der Waals surface area contributed by atoms with Gasteiger partial charge in [-0.2, -0.15) is 10.4 Å². The van der Waals surface area contributed by atoms with Gasteiger partial charge in [0.15, 0.2) is 5.82 Å². The fourth-order valence-electron chi connectivity index (χ4n) is 5.09. The average molecular weight is 535 g/mol. The highest BCUT2D eigenvalue weighted by atomic mass is 15.3. The van der Waals surface area contributed by atoms with Crippen molar-refractivity contribution in [1.82, 2.24) is 15.2 Å². The van der Waals surface area contributed by atoms with E-state index in [1.807, 2.05) is 33.8 Å². The lowest BCUT2D eigenvalue weighted by Gasteiger charge is -2.18. The number of anilines is 4. The van der Waals surface area contributed by atoms with Gasteiger partial charge in [0.25, 0.3) is 0 Å². The molecular weight excluding hydrogens is 496 g/mol. The number of benzene rings is 2. The number of rotatable bonds is 6. The zero-order valence-electron chi connectivity index (χ0n) is 25.1. The molecule has 3 N–H and O–H groups in total. The van der Waals surface area contributed by atoms with Crippen molar-refractivity contribution >= 4 is 34.5 Å². The molecule has 8 nitrogen and oxygen atoms in total. The second-order valence-electron chi connectivity index (χ2n) is 11.7. The Balaban J connectivity index is 1.83. The molecule has 2 heterocycles. The van der Waals surface area contributed by atoms with Crippen LogP contribution >= 0.6 is 0 Å². The zero-order valence-corrected chi connectivity index (χ0v) is 25.1. The zero-order chi connectivity index (χ0) is 29.4. The molecule has 4 aromatic rings. The van der Waals surface area contributed by atoms with Crippen LogP contribution in [-0.2, 0) is 5.41 Å². The van der Waals surface area contributed by atoms with Crippen molar-refractivity contribution in [3.8, 4) is 6.07 Å². The number of pyridine rings is 1. The van der Waals surface area contributed by atoms with E-state index in [0.717, 1.165) is 44.9 Å². The van der Waals surface area contributed by atoms with Crippen LogP contribution in [0.5, 0.6) is 0 Å². The molecule has 0 fully saturated rings. The van der Waals surface area contributed by atoms with Crippen LogP contribution in [0.15, 0.2) is 40.6 Å². The van der Waals surface area contributed by atoms with Gasteiger partial charge in [0.1, 0.15) is 23.1 Å². The molecule has 2 aromatic heterocycles. The number of nitrogens with zero attached hydrogens (tertiary/aromatic N) is 5. The SMILES string of the molecule is Cc1cc(C)c(Nc2cc(C)c(N=Nc3n[nH]c(C(C)(C)C)c3C#N)c(Nc3c(C)cc(C)cc3C)n2)c(C)c1. The molecule has 0 spiro atoms. The van der Waals surface area contributed by atoms with Crippen molar-refractivity contribution in [2.75, 3.05) is 10.6 Å². The maximum Gasteiger partial charge on any atom is 0.213 e. The minimum atomic E-state index is -0.282. The molecule has 0 atom stereocenters. The van der Waals surface area contributed by atoms with E-state index in [1.54, 1.807) is 0 Å². The summed E-state index contributed by atoms with van der Waals surface area (Å²) in [4.78, 5) is 4.96. The molecule has 0 aliphatic heterocycles. The van der Waals surface area contributed by atoms with Crippen LogP contribution in [0.25, 0.3) is 0 Å². The summed E-state index contributed by atoms with van der Waals surface area (Å²) in [6, 6.07) is 12.8. The number of aromatic nitrogens is 3. The van der Waals surface area contributed by atoms with Crippen LogP contribution < -0.4 is 10.6 Å². The van der Waals surface area contributed by atoms with Crippen molar-refractivity contribution in [2.45, 2.75) is 74.7 Å². The first-order valence-corrected chi connectivity index (χ1v) is 13.4. The Morgan fingerprint density at radius 2 is 1.27 bits per heavy atom. The number of azo groups is 1. The maximum absolute atomic E-state index is 9.83. The van der Waals surface area contributed by atoms with Crippen LogP contribution in [0.4, 0.5) is 34.5 Å². The van der Waals surface area contributed by atoms with Gasteiger partial charge in [0, 0.05) is 16.8 Å². The van der Waals surface area contributed by atoms with Crippen LogP contribution in [0, 0.1) is 59.8 Å². The van der Waals surface area contributed by atoms with E-state index in [2.05, 4.69) is 103 Å². The third-order valence-corrected chi connectivity index (χ3v) is 6.89. The predicted molar refractivity (Wildman–Crippen MR) is 163 cm³/mol. The molecule has 0 aliphatic carbocycles. The van der Waals surface area contributed by atoms with Crippen molar-refractivity contribution in [1.29, 1.82) is 5.26 Å². The lowest BCUT2D eigenvalue weighted by Crippen LogP contribution is -2.13. The second-order valence-corrected chi connectivity index (χ2v) is 11.7. The number of hydrogen-bond donors (Lipinski definition) is 3. The fraction of sp³-hybridized carbons (Fsp3) is 0.344. The molecule has 206 valence electrons. The van der Waals surface area contributed by atoms with E-state index in [4.69, 9.17) is 4.98 Å². The van der Waals surface area contributed by atoms with Gasteiger partial charge in [-0.25, -0.2) is 4.98 Å². The molecule has 0 bridgehead atoms. The summed E-state index contributed by atoms with van der Waals surface area (Å²) in [6.07, 6.45) is 0. The second kappa shape index (κ2) is 10.9. The Morgan fingerprint density at radius 3 is 1.77 bits per heavy atom. The highest BCUT2D eigenvalue weighted by Crippen LogP contribution is 2.37. The van der Waals surface area contributed by atoms with E-state index in [9.17, 15) is 5.26 Å². The molecule has 0 amide bonds. The summed E-state index contributed by atoms with van der Waals surface area (Å²) in [5.74, 6) is 1.52. The predicted octanol–water partition coefficient (Wildman–Crippen LogP) is 9.04. The Labute approximate surface area is 237 Å². The number of nitriles is 1. The first kappa shape index (κ1) is 28.5. The quantitative estimate of drug-likeness (QED) is 0.213.